The quantitative estimate of drug-likeness (QED) is 0.490. The van der Waals surface area contributed by atoms with Gasteiger partial charge in [0.2, 0.25) is 10.9 Å². The average molecular weight is 121 g/mol. The molecule has 0 aliphatic carbocycles. The van der Waals surface area contributed by atoms with Crippen molar-refractivity contribution in [2.75, 3.05) is 0 Å². The molecule has 0 aromatic heterocycles. The van der Waals surface area contributed by atoms with E-state index in [1.54, 1.807) is 13.0 Å². The van der Waals surface area contributed by atoms with Crippen LogP contribution in [-0.2, 0) is 10.9 Å². The Balaban J connectivity index is 3.33. The van der Waals surface area contributed by atoms with Crippen LogP contribution in [0.3, 0.4) is 0 Å². The lowest BCUT2D eigenvalue weighted by atomic mass is 10.7. The lowest BCUT2D eigenvalue weighted by molar-refractivity contribution is 0.610. The van der Waals surface area contributed by atoms with Gasteiger partial charge in [0.05, 0.1) is 0 Å². The zero-order valence-electron chi connectivity index (χ0n) is 3.92. The third kappa shape index (κ3) is 5.49. The van der Waals surface area contributed by atoms with E-state index < -0.39 is 10.9 Å². The summed E-state index contributed by atoms with van der Waals surface area (Å²) in [5, 5.41) is 0. The molecule has 0 aliphatic rings. The lowest BCUT2D eigenvalue weighted by Crippen LogP contribution is -1.98. The molecule has 0 heterocycles. The molecule has 0 aromatic carbocycles. The van der Waals surface area contributed by atoms with E-state index in [0.717, 1.165) is 0 Å². The van der Waals surface area contributed by atoms with E-state index in [9.17, 15) is 8.42 Å². The molecule has 1 N–H and O–H groups in total. The van der Waals surface area contributed by atoms with Crippen LogP contribution in [0.2, 0.25) is 0 Å². The Morgan fingerprint density at radius 2 is 2.14 bits per heavy atom. The van der Waals surface area contributed by atoms with E-state index in [-0.39, 0.29) is 0 Å². The second-order valence-electron chi connectivity index (χ2n) is 0.886. The smallest absolute Gasteiger partial charge is 0.222 e. The minimum atomic E-state index is -2.44. The van der Waals surface area contributed by atoms with Gasteiger partial charge in [0.25, 0.3) is 0 Å². The number of nitrogens with one attached hydrogen (secondary N) is 1. The highest BCUT2D eigenvalue weighted by Gasteiger charge is 1.66. The Bertz CT molecular complexity index is 119. The third-order valence-electron chi connectivity index (χ3n) is 0.347. The van der Waals surface area contributed by atoms with Crippen LogP contribution in [0.4, 0.5) is 0 Å². The Morgan fingerprint density at radius 1 is 1.57 bits per heavy atom. The number of hydrogen-bond donors (Lipinski definition) is 2. The summed E-state index contributed by atoms with van der Waals surface area (Å²) in [6.07, 6.45) is 2.96. The van der Waals surface area contributed by atoms with Gasteiger partial charge in [-0.15, -0.1) is 0 Å². The molecule has 0 radical (unpaired) electrons. The normalized spacial score (nSPS) is 10.6. The molecule has 3 nitrogen and oxygen atoms in total. The molecule has 0 fully saturated rings. The molecule has 0 amide bonds. The largest absolute Gasteiger partial charge is 0.293 e. The summed E-state index contributed by atoms with van der Waals surface area (Å²) in [7, 11) is -2.44. The van der Waals surface area contributed by atoms with E-state index in [1.807, 2.05) is 0 Å². The number of allylic oxidation sites excluding steroid dienone is 1. The first-order valence-corrected chi connectivity index (χ1v) is 2.97. The lowest BCUT2D eigenvalue weighted by Gasteiger charge is -1.77. The monoisotopic (exact) mass is 121 g/mol. The molecule has 0 spiro atoms. The highest BCUT2D eigenvalue weighted by molar-refractivity contribution is 7.70. The van der Waals surface area contributed by atoms with Crippen molar-refractivity contribution in [1.82, 2.24) is 4.72 Å². The Hall–Kier alpha value is -0.510. The SMILES string of the molecule is CC=CN[SH](=O)=O. The summed E-state index contributed by atoms with van der Waals surface area (Å²) in [4.78, 5) is 0. The van der Waals surface area contributed by atoms with E-state index in [4.69, 9.17) is 0 Å². The Labute approximate surface area is 44.1 Å². The first-order valence-electron chi connectivity index (χ1n) is 1.79. The van der Waals surface area contributed by atoms with Gasteiger partial charge in [-0.25, -0.2) is 8.42 Å². The van der Waals surface area contributed by atoms with Crippen LogP contribution in [0.25, 0.3) is 0 Å². The molecule has 0 unspecified atom stereocenters. The van der Waals surface area contributed by atoms with Crippen LogP contribution in [0, 0.1) is 0 Å². The molecule has 0 saturated heterocycles. The van der Waals surface area contributed by atoms with Crippen LogP contribution < -0.4 is 4.72 Å². The van der Waals surface area contributed by atoms with Crippen molar-refractivity contribution >= 4 is 10.9 Å². The molecule has 4 heteroatoms. The van der Waals surface area contributed by atoms with Crippen molar-refractivity contribution in [3.8, 4) is 0 Å². The second-order valence-corrected chi connectivity index (χ2v) is 1.66. The van der Waals surface area contributed by atoms with E-state index >= 15 is 0 Å². The van der Waals surface area contributed by atoms with Crippen LogP contribution >= 0.6 is 0 Å². The standard InChI is InChI=1S/C3H7NO2S/c1-2-3-4-7(5)6/h2-3,7H,1H3,(H,4,5,6). The van der Waals surface area contributed by atoms with Crippen LogP contribution in [0.1, 0.15) is 6.92 Å². The zero-order chi connectivity index (χ0) is 5.70. The first-order chi connectivity index (χ1) is 3.27. The van der Waals surface area contributed by atoms with Gasteiger partial charge in [-0.05, 0) is 6.92 Å². The van der Waals surface area contributed by atoms with Gasteiger partial charge in [-0.2, -0.15) is 0 Å². The number of rotatable bonds is 2. The molecule has 0 atom stereocenters. The van der Waals surface area contributed by atoms with Crippen molar-refractivity contribution in [2.45, 2.75) is 6.92 Å². The predicted molar refractivity (Wildman–Crippen MR) is 28.3 cm³/mol. The summed E-state index contributed by atoms with van der Waals surface area (Å²) in [6.45, 7) is 1.73. The molecular weight excluding hydrogens is 114 g/mol. The minimum absolute atomic E-state index is 1.35. The molecule has 7 heavy (non-hydrogen) atoms. The predicted octanol–water partition coefficient (Wildman–Crippen LogP) is -0.364. The van der Waals surface area contributed by atoms with E-state index in [0.29, 0.717) is 0 Å². The van der Waals surface area contributed by atoms with Crippen molar-refractivity contribution < 1.29 is 8.42 Å². The summed E-state index contributed by atoms with van der Waals surface area (Å²) in [5.74, 6) is 0. The topological polar surface area (TPSA) is 46.2 Å². The first kappa shape index (κ1) is 6.49. The molecule has 0 rings (SSSR count). The summed E-state index contributed by atoms with van der Waals surface area (Å²) >= 11 is 0. The molecular formula is C3H7NO2S. The minimum Gasteiger partial charge on any atom is -0.293 e. The van der Waals surface area contributed by atoms with Gasteiger partial charge in [-0.1, -0.05) is 6.08 Å². The fraction of sp³-hybridized carbons (Fsp3) is 0.333. The van der Waals surface area contributed by atoms with Gasteiger partial charge in [-0.3, -0.25) is 4.72 Å². The van der Waals surface area contributed by atoms with Gasteiger partial charge in [0, 0.05) is 6.20 Å². The van der Waals surface area contributed by atoms with Gasteiger partial charge >= 0.3 is 0 Å². The molecule has 0 aliphatic heterocycles. The molecule has 0 aromatic rings. The van der Waals surface area contributed by atoms with Gasteiger partial charge in [0.1, 0.15) is 0 Å². The van der Waals surface area contributed by atoms with Crippen LogP contribution in [0.5, 0.6) is 0 Å². The van der Waals surface area contributed by atoms with Crippen LogP contribution in [-0.4, -0.2) is 8.42 Å². The Morgan fingerprint density at radius 3 is 2.29 bits per heavy atom. The fourth-order valence-electron chi connectivity index (χ4n) is 0.135. The summed E-state index contributed by atoms with van der Waals surface area (Å²) in [6, 6.07) is 0. The Kier molecular flexibility index (Phi) is 3.40. The maximum Gasteiger partial charge on any atom is 0.222 e. The fourth-order valence-corrected chi connectivity index (χ4v) is 0.406. The van der Waals surface area contributed by atoms with Crippen molar-refractivity contribution in [1.29, 1.82) is 0 Å². The second kappa shape index (κ2) is 3.67. The zero-order valence-corrected chi connectivity index (χ0v) is 4.81. The highest BCUT2D eigenvalue weighted by atomic mass is 32.2. The third-order valence-corrected chi connectivity index (χ3v) is 0.707. The summed E-state index contributed by atoms with van der Waals surface area (Å²) in [5.41, 5.74) is 0. The van der Waals surface area contributed by atoms with Gasteiger partial charge < -0.3 is 0 Å². The van der Waals surface area contributed by atoms with Crippen molar-refractivity contribution in [3.05, 3.63) is 12.3 Å². The van der Waals surface area contributed by atoms with E-state index in [2.05, 4.69) is 4.72 Å². The van der Waals surface area contributed by atoms with Crippen molar-refractivity contribution in [2.24, 2.45) is 0 Å². The van der Waals surface area contributed by atoms with Crippen LogP contribution in [0.15, 0.2) is 12.3 Å². The van der Waals surface area contributed by atoms with Gasteiger partial charge in [0.15, 0.2) is 0 Å². The molecule has 42 valence electrons. The number of hydrogen-bond acceptors (Lipinski definition) is 2. The summed E-state index contributed by atoms with van der Waals surface area (Å²) < 4.78 is 21.3. The highest BCUT2D eigenvalue weighted by Crippen LogP contribution is 1.58. The molecule has 0 bridgehead atoms. The van der Waals surface area contributed by atoms with E-state index in [1.165, 1.54) is 6.20 Å². The maximum absolute atomic E-state index is 9.63. The number of thiol groups is 1. The average Bonchev–Trinajstić information content (AvgIpc) is 1.61. The molecule has 0 saturated carbocycles. The van der Waals surface area contributed by atoms with Crippen molar-refractivity contribution in [3.63, 3.8) is 0 Å². The maximum atomic E-state index is 9.63.